The lowest BCUT2D eigenvalue weighted by atomic mass is 9.99. The SMILES string of the molecule is CCOC(=O)N(C)c1ccc2c(c1)CCCN2C(=O)CCc1ccc(C(=N)N)cc1. The third kappa shape index (κ3) is 4.79. The van der Waals surface area contributed by atoms with Crippen molar-refractivity contribution >= 4 is 29.2 Å². The summed E-state index contributed by atoms with van der Waals surface area (Å²) in [5.41, 5.74) is 9.94. The van der Waals surface area contributed by atoms with Crippen molar-refractivity contribution in [2.45, 2.75) is 32.6 Å². The van der Waals surface area contributed by atoms with Gasteiger partial charge in [0.15, 0.2) is 0 Å². The van der Waals surface area contributed by atoms with Crippen LogP contribution in [0.2, 0.25) is 0 Å². The van der Waals surface area contributed by atoms with Gasteiger partial charge in [0.05, 0.1) is 6.61 Å². The Hall–Kier alpha value is -3.35. The van der Waals surface area contributed by atoms with E-state index in [2.05, 4.69) is 0 Å². The quantitative estimate of drug-likeness (QED) is 0.565. The van der Waals surface area contributed by atoms with Crippen LogP contribution in [0.3, 0.4) is 0 Å². The number of amides is 2. The summed E-state index contributed by atoms with van der Waals surface area (Å²) in [4.78, 5) is 28.2. The first-order chi connectivity index (χ1) is 14.4. The maximum Gasteiger partial charge on any atom is 0.413 e. The van der Waals surface area contributed by atoms with Gasteiger partial charge in [0.25, 0.3) is 0 Å². The number of nitrogen functional groups attached to an aromatic ring is 1. The minimum absolute atomic E-state index is 0.0375. The Kier molecular flexibility index (Phi) is 6.72. The third-order valence-electron chi connectivity index (χ3n) is 5.30. The van der Waals surface area contributed by atoms with E-state index in [-0.39, 0.29) is 11.7 Å². The van der Waals surface area contributed by atoms with Crippen molar-refractivity contribution in [1.82, 2.24) is 0 Å². The summed E-state index contributed by atoms with van der Waals surface area (Å²) in [5, 5.41) is 7.45. The number of amidine groups is 1. The number of fused-ring (bicyclic) bond motifs is 1. The Balaban J connectivity index is 1.68. The Morgan fingerprint density at radius 2 is 1.93 bits per heavy atom. The Morgan fingerprint density at radius 1 is 1.20 bits per heavy atom. The highest BCUT2D eigenvalue weighted by Gasteiger charge is 2.23. The van der Waals surface area contributed by atoms with Crippen LogP contribution in [0.4, 0.5) is 16.2 Å². The normalized spacial score (nSPS) is 12.8. The molecule has 0 unspecified atom stereocenters. The van der Waals surface area contributed by atoms with Crippen molar-refractivity contribution in [2.24, 2.45) is 5.73 Å². The van der Waals surface area contributed by atoms with Gasteiger partial charge in [-0.3, -0.25) is 15.1 Å². The monoisotopic (exact) mass is 408 g/mol. The molecule has 158 valence electrons. The number of nitrogens with two attached hydrogens (primary N) is 1. The van der Waals surface area contributed by atoms with Gasteiger partial charge in [0.2, 0.25) is 5.91 Å². The molecule has 3 rings (SSSR count). The van der Waals surface area contributed by atoms with E-state index in [1.807, 2.05) is 35.2 Å². The van der Waals surface area contributed by atoms with Gasteiger partial charge >= 0.3 is 6.09 Å². The number of carbonyl (C=O) groups is 2. The van der Waals surface area contributed by atoms with E-state index in [0.717, 1.165) is 35.3 Å². The molecule has 0 bridgehead atoms. The summed E-state index contributed by atoms with van der Waals surface area (Å²) in [6.07, 6.45) is 2.40. The lowest BCUT2D eigenvalue weighted by Gasteiger charge is -2.30. The van der Waals surface area contributed by atoms with Gasteiger partial charge in [-0.05, 0) is 55.5 Å². The fraction of sp³-hybridized carbons (Fsp3) is 0.348. The number of rotatable bonds is 6. The molecule has 1 heterocycles. The molecule has 0 saturated heterocycles. The second-order valence-corrected chi connectivity index (χ2v) is 7.33. The average molecular weight is 409 g/mol. The van der Waals surface area contributed by atoms with Crippen LogP contribution < -0.4 is 15.5 Å². The van der Waals surface area contributed by atoms with Crippen molar-refractivity contribution in [2.75, 3.05) is 30.0 Å². The van der Waals surface area contributed by atoms with Crippen molar-refractivity contribution in [3.8, 4) is 0 Å². The average Bonchev–Trinajstić information content (AvgIpc) is 2.76. The Labute approximate surface area is 176 Å². The zero-order valence-corrected chi connectivity index (χ0v) is 17.5. The largest absolute Gasteiger partial charge is 0.449 e. The molecular formula is C23H28N4O3. The smallest absolute Gasteiger partial charge is 0.413 e. The minimum Gasteiger partial charge on any atom is -0.449 e. The third-order valence-corrected chi connectivity index (χ3v) is 5.30. The van der Waals surface area contributed by atoms with Crippen LogP contribution in [0, 0.1) is 5.41 Å². The zero-order chi connectivity index (χ0) is 21.7. The predicted octanol–water partition coefficient (Wildman–Crippen LogP) is 3.48. The highest BCUT2D eigenvalue weighted by Crippen LogP contribution is 2.31. The molecule has 0 fully saturated rings. The molecule has 1 aliphatic rings. The molecule has 7 nitrogen and oxygen atoms in total. The molecule has 0 spiro atoms. The van der Waals surface area contributed by atoms with Gasteiger partial charge in [-0.15, -0.1) is 0 Å². The van der Waals surface area contributed by atoms with E-state index in [4.69, 9.17) is 15.9 Å². The fourth-order valence-electron chi connectivity index (χ4n) is 3.61. The number of nitrogens with one attached hydrogen (secondary N) is 1. The highest BCUT2D eigenvalue weighted by molar-refractivity contribution is 5.96. The number of hydrogen-bond acceptors (Lipinski definition) is 4. The Bertz CT molecular complexity index is 940. The summed E-state index contributed by atoms with van der Waals surface area (Å²) in [6, 6.07) is 13.2. The number of benzene rings is 2. The number of ether oxygens (including phenoxy) is 1. The second-order valence-electron chi connectivity index (χ2n) is 7.33. The molecule has 0 atom stereocenters. The minimum atomic E-state index is -0.392. The lowest BCUT2D eigenvalue weighted by Crippen LogP contribution is -2.36. The summed E-state index contributed by atoms with van der Waals surface area (Å²) in [7, 11) is 1.68. The molecule has 0 radical (unpaired) electrons. The van der Waals surface area contributed by atoms with E-state index < -0.39 is 6.09 Å². The molecule has 0 aromatic heterocycles. The van der Waals surface area contributed by atoms with Crippen LogP contribution in [0.15, 0.2) is 42.5 Å². The number of carbonyl (C=O) groups excluding carboxylic acids is 2. The topological polar surface area (TPSA) is 99.7 Å². The molecule has 3 N–H and O–H groups in total. The van der Waals surface area contributed by atoms with Crippen LogP contribution in [0.5, 0.6) is 0 Å². The summed E-state index contributed by atoms with van der Waals surface area (Å²) in [5.74, 6) is 0.119. The maximum atomic E-state index is 12.9. The van der Waals surface area contributed by atoms with Crippen molar-refractivity contribution in [3.63, 3.8) is 0 Å². The van der Waals surface area contributed by atoms with Gasteiger partial charge in [0.1, 0.15) is 5.84 Å². The van der Waals surface area contributed by atoms with Crippen molar-refractivity contribution in [1.29, 1.82) is 5.41 Å². The van der Waals surface area contributed by atoms with E-state index in [9.17, 15) is 9.59 Å². The molecule has 1 aliphatic heterocycles. The number of hydrogen-bond donors (Lipinski definition) is 2. The molecule has 0 aliphatic carbocycles. The predicted molar refractivity (Wildman–Crippen MR) is 118 cm³/mol. The molecule has 0 saturated carbocycles. The fourth-order valence-corrected chi connectivity index (χ4v) is 3.61. The van der Waals surface area contributed by atoms with Crippen molar-refractivity contribution in [3.05, 3.63) is 59.2 Å². The number of aryl methyl sites for hydroxylation is 2. The van der Waals surface area contributed by atoms with Crippen LogP contribution in [0.25, 0.3) is 0 Å². The molecular weight excluding hydrogens is 380 g/mol. The van der Waals surface area contributed by atoms with E-state index in [1.165, 1.54) is 4.90 Å². The Morgan fingerprint density at radius 3 is 2.60 bits per heavy atom. The summed E-state index contributed by atoms with van der Waals surface area (Å²) >= 11 is 0. The number of nitrogens with zero attached hydrogens (tertiary/aromatic N) is 2. The lowest BCUT2D eigenvalue weighted by molar-refractivity contribution is -0.118. The maximum absolute atomic E-state index is 12.9. The molecule has 2 aromatic carbocycles. The van der Waals surface area contributed by atoms with Crippen LogP contribution in [0.1, 0.15) is 36.5 Å². The standard InChI is InChI=1S/C23H28N4O3/c1-3-30-23(29)26(2)19-11-12-20-18(15-19)5-4-14-27(20)21(28)13-8-16-6-9-17(10-7-16)22(24)25/h6-7,9-12,15H,3-5,8,13-14H2,1-2H3,(H3,24,25). The highest BCUT2D eigenvalue weighted by atomic mass is 16.6. The van der Waals surface area contributed by atoms with E-state index >= 15 is 0 Å². The van der Waals surface area contributed by atoms with Gasteiger partial charge in [0, 0.05) is 37.0 Å². The second kappa shape index (κ2) is 9.43. The van der Waals surface area contributed by atoms with Crippen LogP contribution in [-0.4, -0.2) is 38.0 Å². The first kappa shape index (κ1) is 21.4. The van der Waals surface area contributed by atoms with Crippen molar-refractivity contribution < 1.29 is 14.3 Å². The summed E-state index contributed by atoms with van der Waals surface area (Å²) < 4.78 is 5.06. The van der Waals surface area contributed by atoms with E-state index in [0.29, 0.717) is 31.6 Å². The van der Waals surface area contributed by atoms with Gasteiger partial charge < -0.3 is 15.4 Å². The van der Waals surface area contributed by atoms with Gasteiger partial charge in [-0.2, -0.15) is 0 Å². The van der Waals surface area contributed by atoms with Crippen LogP contribution >= 0.6 is 0 Å². The molecule has 7 heteroatoms. The first-order valence-electron chi connectivity index (χ1n) is 10.2. The molecule has 2 amide bonds. The summed E-state index contributed by atoms with van der Waals surface area (Å²) in [6.45, 7) is 2.80. The molecule has 2 aromatic rings. The van der Waals surface area contributed by atoms with Crippen LogP contribution in [-0.2, 0) is 22.4 Å². The van der Waals surface area contributed by atoms with Gasteiger partial charge in [-0.1, -0.05) is 24.3 Å². The number of anilines is 2. The first-order valence-corrected chi connectivity index (χ1v) is 10.2. The van der Waals surface area contributed by atoms with Gasteiger partial charge in [-0.25, -0.2) is 4.79 Å². The molecule has 30 heavy (non-hydrogen) atoms. The zero-order valence-electron chi connectivity index (χ0n) is 17.5. The van der Waals surface area contributed by atoms with E-state index in [1.54, 1.807) is 26.1 Å².